The summed E-state index contributed by atoms with van der Waals surface area (Å²) in [6, 6.07) is 16.3. The largest absolute Gasteiger partial charge is 1.00 e. The Morgan fingerprint density at radius 2 is 1.18 bits per heavy atom. The van der Waals surface area contributed by atoms with E-state index in [1.165, 1.54) is 16.2 Å². The molecule has 2 unspecified atom stereocenters. The summed E-state index contributed by atoms with van der Waals surface area (Å²) in [5.74, 6) is -0.619. The number of halogens is 4. The van der Waals surface area contributed by atoms with Crippen LogP contribution in [0.5, 0.6) is 0 Å². The lowest BCUT2D eigenvalue weighted by molar-refractivity contribution is -0.932. The number of likely N-dealkylation sites (N-methyl/N-ethyl adjacent to an activating group) is 2. The molecule has 56 heavy (non-hydrogen) atoms. The van der Waals surface area contributed by atoms with Crippen molar-refractivity contribution < 1.29 is 47.6 Å². The molecule has 2 saturated heterocycles. The first-order chi connectivity index (χ1) is 26.2. The van der Waals surface area contributed by atoms with Gasteiger partial charge in [-0.3, -0.25) is 24.1 Å². The summed E-state index contributed by atoms with van der Waals surface area (Å²) in [6.07, 6.45) is 7.63. The van der Waals surface area contributed by atoms with Crippen LogP contribution in [0, 0.1) is 0 Å². The van der Waals surface area contributed by atoms with Gasteiger partial charge in [0.2, 0.25) is 11.8 Å². The second-order valence-electron chi connectivity index (χ2n) is 15.4. The molecule has 8 nitrogen and oxygen atoms in total. The lowest BCUT2D eigenvalue weighted by Gasteiger charge is -2.41. The van der Waals surface area contributed by atoms with Crippen molar-refractivity contribution in [3.05, 3.63) is 111 Å². The monoisotopic (exact) mass is 1060 g/mol. The highest BCUT2D eigenvalue weighted by Crippen LogP contribution is 2.52. The number of thiophene rings is 2. The molecule has 0 aliphatic carbocycles. The molecule has 6 heterocycles. The maximum Gasteiger partial charge on any atom is 0.250 e. The number of primary amides is 2. The minimum absolute atomic E-state index is 0. The molecule has 300 valence electrons. The number of benzene rings is 2. The molecule has 2 aromatic carbocycles. The number of ketones is 2. The molecular weight excluding hydrogens is 1010 g/mol. The first-order valence-electron chi connectivity index (χ1n) is 18.5. The van der Waals surface area contributed by atoms with Crippen LogP contribution in [0.25, 0.3) is 0 Å². The molecule has 8 rings (SSSR count). The number of fused-ring (bicyclic) bond motifs is 8. The lowest BCUT2D eigenvalue weighted by atomic mass is 9.93. The Morgan fingerprint density at radius 3 is 1.66 bits per heavy atom. The number of hydrogen-bond acceptors (Lipinski definition) is 7. The predicted octanol–water partition coefficient (Wildman–Crippen LogP) is 5.29. The first kappa shape index (κ1) is 45.2. The Bertz CT molecular complexity index is 2100. The fourth-order valence-corrected chi connectivity index (χ4v) is 12.3. The number of alkyl halides is 1. The topological polar surface area (TPSA) is 124 Å². The second kappa shape index (κ2) is 19.0. The van der Waals surface area contributed by atoms with Gasteiger partial charge in [-0.15, -0.1) is 22.7 Å². The Labute approximate surface area is 378 Å². The van der Waals surface area contributed by atoms with E-state index in [1.54, 1.807) is 46.9 Å². The van der Waals surface area contributed by atoms with E-state index in [0.29, 0.717) is 52.1 Å². The average molecular weight is 1060 g/mol. The van der Waals surface area contributed by atoms with Crippen LogP contribution >= 0.6 is 68.5 Å². The van der Waals surface area contributed by atoms with Crippen molar-refractivity contribution in [2.45, 2.75) is 88.4 Å². The normalized spacial score (nSPS) is 21.0. The molecule has 2 amide bonds. The maximum absolute atomic E-state index is 12.7. The third kappa shape index (κ3) is 9.42. The number of hydrogen-bond donors (Lipinski definition) is 2. The predicted molar refractivity (Wildman–Crippen MR) is 232 cm³/mol. The van der Waals surface area contributed by atoms with Crippen LogP contribution < -0.4 is 35.4 Å². The third-order valence-corrected chi connectivity index (χ3v) is 14.9. The second-order valence-corrected chi connectivity index (χ2v) is 18.7. The minimum Gasteiger partial charge on any atom is -1.00 e. The summed E-state index contributed by atoms with van der Waals surface area (Å²) in [5, 5.41) is 1.31. The van der Waals surface area contributed by atoms with Gasteiger partial charge < -0.3 is 39.9 Å². The fraction of sp³-hybridized carbons (Fsp3) is 0.429. The van der Waals surface area contributed by atoms with Gasteiger partial charge in [0, 0.05) is 92.1 Å². The molecule has 14 heteroatoms. The van der Waals surface area contributed by atoms with Crippen LogP contribution in [0.15, 0.2) is 48.5 Å². The molecule has 2 fully saturated rings. The zero-order valence-corrected chi connectivity index (χ0v) is 39.5. The maximum atomic E-state index is 12.7. The van der Waals surface area contributed by atoms with Gasteiger partial charge in [0.25, 0.3) is 0 Å². The first-order valence-corrected chi connectivity index (χ1v) is 23.1. The van der Waals surface area contributed by atoms with Crippen LogP contribution in [-0.2, 0) is 48.1 Å². The summed E-state index contributed by atoms with van der Waals surface area (Å²) in [6.45, 7) is 0. The molecule has 0 spiro atoms. The smallest absolute Gasteiger partial charge is 0.250 e. The molecular formula is C42H48Cl2I2N4O4S2. The number of carbonyl (C=O) groups is 4. The van der Waals surface area contributed by atoms with E-state index in [-0.39, 0.29) is 54.4 Å². The molecule has 2 aromatic heterocycles. The zero-order valence-electron chi connectivity index (χ0n) is 32.0. The van der Waals surface area contributed by atoms with Crippen LogP contribution in [0.1, 0.15) is 100 Å². The summed E-state index contributed by atoms with van der Waals surface area (Å²) < 4.78 is 0.919. The van der Waals surface area contributed by atoms with Crippen molar-refractivity contribution in [2.24, 2.45) is 11.5 Å². The Hall–Kier alpha value is -1.92. The SMILES string of the molecule is CI.CN1C2CC[C@@H]1Cc1sc(CC(=O)Cc3ccc(Cl)cc3)c(C(N)=O)c12.C[N+]1(C)C2CC[C@@H]1Cc1sc(CC(=O)Cc3ccc(Cl)cc3)c(C(N)=O)c12.[I-]. The van der Waals surface area contributed by atoms with Gasteiger partial charge in [-0.05, 0) is 72.2 Å². The van der Waals surface area contributed by atoms with Gasteiger partial charge in [0.05, 0.1) is 31.3 Å². The van der Waals surface area contributed by atoms with Crippen molar-refractivity contribution in [2.75, 3.05) is 26.1 Å². The Balaban J connectivity index is 0.000000202. The molecule has 4 atom stereocenters. The highest BCUT2D eigenvalue weighted by atomic mass is 127. The van der Waals surface area contributed by atoms with Gasteiger partial charge in [-0.25, -0.2) is 0 Å². The molecule has 4 aliphatic rings. The number of carbonyl (C=O) groups excluding carboxylic acids is 4. The Kier molecular flexibility index (Phi) is 15.3. The number of rotatable bonds is 10. The van der Waals surface area contributed by atoms with E-state index in [0.717, 1.165) is 68.6 Å². The summed E-state index contributed by atoms with van der Waals surface area (Å²) in [4.78, 5) is 58.3. The molecule has 0 radical (unpaired) electrons. The molecule has 4 bridgehead atoms. The van der Waals surface area contributed by atoms with Crippen LogP contribution in [0.2, 0.25) is 10.0 Å². The van der Waals surface area contributed by atoms with Crippen molar-refractivity contribution in [1.82, 2.24) is 4.90 Å². The van der Waals surface area contributed by atoms with Gasteiger partial charge in [-0.2, -0.15) is 0 Å². The van der Waals surface area contributed by atoms with E-state index in [4.69, 9.17) is 34.7 Å². The third-order valence-electron chi connectivity index (χ3n) is 11.9. The van der Waals surface area contributed by atoms with Crippen molar-refractivity contribution >= 4 is 91.8 Å². The Morgan fingerprint density at radius 1 is 0.714 bits per heavy atom. The van der Waals surface area contributed by atoms with Crippen LogP contribution in [0.3, 0.4) is 0 Å². The minimum atomic E-state index is -0.407. The van der Waals surface area contributed by atoms with Gasteiger partial charge in [0.15, 0.2) is 0 Å². The quantitative estimate of drug-likeness (QED) is 0.127. The van der Waals surface area contributed by atoms with Crippen LogP contribution in [-0.4, -0.2) is 70.9 Å². The summed E-state index contributed by atoms with van der Waals surface area (Å²) in [5.41, 5.74) is 16.8. The molecule has 0 saturated carbocycles. The summed E-state index contributed by atoms with van der Waals surface area (Å²) in [7, 11) is 6.62. The number of amides is 2. The average Bonchev–Trinajstić information content (AvgIpc) is 3.79. The van der Waals surface area contributed by atoms with Gasteiger partial charge >= 0.3 is 0 Å². The van der Waals surface area contributed by atoms with Crippen molar-refractivity contribution in [3.63, 3.8) is 0 Å². The van der Waals surface area contributed by atoms with Crippen molar-refractivity contribution in [1.29, 1.82) is 0 Å². The summed E-state index contributed by atoms with van der Waals surface area (Å²) >= 11 is 17.2. The highest BCUT2D eigenvalue weighted by Gasteiger charge is 2.51. The van der Waals surface area contributed by atoms with E-state index < -0.39 is 11.8 Å². The molecule has 4 aromatic rings. The molecule has 4 N–H and O–H groups in total. The van der Waals surface area contributed by atoms with E-state index in [2.05, 4.69) is 48.6 Å². The van der Waals surface area contributed by atoms with Gasteiger partial charge in [0.1, 0.15) is 17.6 Å². The van der Waals surface area contributed by atoms with Gasteiger partial charge in [-0.1, -0.05) is 70.1 Å². The van der Waals surface area contributed by atoms with Crippen LogP contribution in [0.4, 0.5) is 0 Å². The number of nitrogens with zero attached hydrogens (tertiary/aromatic N) is 2. The van der Waals surface area contributed by atoms with E-state index in [9.17, 15) is 19.2 Å². The van der Waals surface area contributed by atoms with E-state index >= 15 is 0 Å². The number of nitrogens with two attached hydrogens (primary N) is 2. The highest BCUT2D eigenvalue weighted by molar-refractivity contribution is 14.1. The lowest BCUT2D eigenvalue weighted by Crippen LogP contribution is -3.00. The fourth-order valence-electron chi connectivity index (χ4n) is 9.15. The number of Topliss-reactive ketones (excluding diaryl/α,β-unsaturated/α-hetero) is 2. The number of quaternary nitrogens is 1. The standard InChI is InChI=1S/C21H23ClN2O2S.C20H21ClN2O2S.CH3I.HI/c1-24(2)14-7-8-16(24)19-17(10-14)27-18(20(19)21(23)26)11-15(25)9-12-3-5-13(22)6-4-12;1-23-13-6-7-15(23)18-16(9-13)26-17(19(18)20(22)25)10-14(24)8-11-2-4-12(21)5-3-11;1-2;/h3-6,14,16H,7-11H2,1-2H3,(H-,23,26);2-5,13,15H,6-10H2,1H3,(H2,22,25);1H3;1H/t14-,16?;13-,15?;;/m11../s1. The zero-order chi connectivity index (χ0) is 39.8. The molecule has 4 aliphatic heterocycles. The van der Waals surface area contributed by atoms with E-state index in [1.807, 2.05) is 29.2 Å². The van der Waals surface area contributed by atoms with Crippen molar-refractivity contribution in [3.8, 4) is 0 Å².